The Labute approximate surface area is 117 Å². The molecule has 0 aromatic heterocycles. The topological polar surface area (TPSA) is 26.3 Å². The Hall–Kier alpha value is -1.31. The summed E-state index contributed by atoms with van der Waals surface area (Å²) in [6.45, 7) is 8.86. The monoisotopic (exact) mass is 262 g/mol. The van der Waals surface area contributed by atoms with Gasteiger partial charge < -0.3 is 4.74 Å². The van der Waals surface area contributed by atoms with Gasteiger partial charge in [-0.25, -0.2) is 0 Å². The molecule has 0 aliphatic carbocycles. The van der Waals surface area contributed by atoms with E-state index in [0.717, 1.165) is 12.8 Å². The van der Waals surface area contributed by atoms with Gasteiger partial charge >= 0.3 is 5.97 Å². The van der Waals surface area contributed by atoms with E-state index in [1.165, 1.54) is 12.5 Å². The van der Waals surface area contributed by atoms with Crippen molar-refractivity contribution in [1.82, 2.24) is 0 Å². The lowest BCUT2D eigenvalue weighted by atomic mass is 9.77. The fraction of sp³-hybridized carbons (Fsp3) is 0.588. The van der Waals surface area contributed by atoms with Crippen molar-refractivity contribution in [3.05, 3.63) is 35.9 Å². The van der Waals surface area contributed by atoms with E-state index in [0.29, 0.717) is 24.4 Å². The van der Waals surface area contributed by atoms with Gasteiger partial charge in [0, 0.05) is 6.92 Å². The molecule has 2 atom stereocenters. The molecule has 0 heterocycles. The van der Waals surface area contributed by atoms with Crippen LogP contribution in [-0.4, -0.2) is 12.6 Å². The molecular formula is C17H26O2. The predicted molar refractivity (Wildman–Crippen MR) is 79.1 cm³/mol. The molecule has 0 bridgehead atoms. The highest BCUT2D eigenvalue weighted by atomic mass is 16.5. The molecule has 106 valence electrons. The number of rotatable bonds is 7. The Morgan fingerprint density at radius 1 is 1.16 bits per heavy atom. The molecule has 0 saturated carbocycles. The van der Waals surface area contributed by atoms with Crippen LogP contribution in [0, 0.1) is 11.8 Å². The highest BCUT2D eigenvalue weighted by Crippen LogP contribution is 2.34. The quantitative estimate of drug-likeness (QED) is 0.537. The summed E-state index contributed by atoms with van der Waals surface area (Å²) < 4.78 is 5.00. The van der Waals surface area contributed by atoms with E-state index in [2.05, 4.69) is 51.1 Å². The second-order valence-corrected chi connectivity index (χ2v) is 5.64. The van der Waals surface area contributed by atoms with Crippen molar-refractivity contribution in [2.45, 2.75) is 46.5 Å². The first-order valence-corrected chi connectivity index (χ1v) is 7.20. The molecule has 0 saturated heterocycles. The summed E-state index contributed by atoms with van der Waals surface area (Å²) in [7, 11) is 0. The molecule has 2 heteroatoms. The summed E-state index contributed by atoms with van der Waals surface area (Å²) in [6.07, 6.45) is 2.03. The number of hydrogen-bond acceptors (Lipinski definition) is 2. The average molecular weight is 262 g/mol. The summed E-state index contributed by atoms with van der Waals surface area (Å²) in [5.74, 6) is 1.60. The molecule has 1 rings (SSSR count). The molecule has 1 aromatic rings. The maximum Gasteiger partial charge on any atom is 0.302 e. The molecule has 0 aliphatic rings. The zero-order valence-electron chi connectivity index (χ0n) is 12.6. The number of hydrogen-bond donors (Lipinski definition) is 0. The average Bonchev–Trinajstić information content (AvgIpc) is 2.35. The molecular weight excluding hydrogens is 236 g/mol. The van der Waals surface area contributed by atoms with Gasteiger partial charge in [0.05, 0.1) is 6.61 Å². The molecule has 0 radical (unpaired) electrons. The third-order valence-corrected chi connectivity index (χ3v) is 3.62. The van der Waals surface area contributed by atoms with Crippen molar-refractivity contribution in [2.24, 2.45) is 11.8 Å². The lowest BCUT2D eigenvalue weighted by Crippen LogP contribution is -2.16. The van der Waals surface area contributed by atoms with Crippen LogP contribution >= 0.6 is 0 Å². The fourth-order valence-electron chi connectivity index (χ4n) is 2.85. The fourth-order valence-corrected chi connectivity index (χ4v) is 2.85. The van der Waals surface area contributed by atoms with Gasteiger partial charge in [0.15, 0.2) is 0 Å². The minimum Gasteiger partial charge on any atom is -0.466 e. The lowest BCUT2D eigenvalue weighted by molar-refractivity contribution is -0.141. The van der Waals surface area contributed by atoms with Crippen molar-refractivity contribution in [2.75, 3.05) is 6.61 Å². The first kappa shape index (κ1) is 15.7. The summed E-state index contributed by atoms with van der Waals surface area (Å²) in [6, 6.07) is 10.7. The van der Waals surface area contributed by atoms with Crippen LogP contribution in [0.2, 0.25) is 0 Å². The van der Waals surface area contributed by atoms with E-state index < -0.39 is 0 Å². The first-order chi connectivity index (χ1) is 9.02. The molecule has 1 aromatic carbocycles. The lowest BCUT2D eigenvalue weighted by Gasteiger charge is -2.28. The Bertz CT molecular complexity index is 370. The van der Waals surface area contributed by atoms with Gasteiger partial charge in [0.1, 0.15) is 0 Å². The number of esters is 1. The number of ether oxygens (including phenoxy) is 1. The molecule has 0 spiro atoms. The van der Waals surface area contributed by atoms with E-state index in [1.807, 2.05) is 0 Å². The van der Waals surface area contributed by atoms with Gasteiger partial charge in [-0.3, -0.25) is 4.79 Å². The number of carbonyl (C=O) groups excluding carboxylic acids is 1. The SMILES string of the molecule is CC(=O)OCCCC(C)C(c1ccccc1)C(C)C. The van der Waals surface area contributed by atoms with E-state index in [4.69, 9.17) is 4.74 Å². The zero-order chi connectivity index (χ0) is 14.3. The van der Waals surface area contributed by atoms with Crippen LogP contribution in [0.15, 0.2) is 30.3 Å². The van der Waals surface area contributed by atoms with Gasteiger partial charge in [0.25, 0.3) is 0 Å². The van der Waals surface area contributed by atoms with Crippen LogP contribution < -0.4 is 0 Å². The Morgan fingerprint density at radius 2 is 1.79 bits per heavy atom. The molecule has 0 aliphatic heterocycles. The zero-order valence-corrected chi connectivity index (χ0v) is 12.6. The number of carbonyl (C=O) groups is 1. The second-order valence-electron chi connectivity index (χ2n) is 5.64. The van der Waals surface area contributed by atoms with Crippen LogP contribution in [0.25, 0.3) is 0 Å². The van der Waals surface area contributed by atoms with Crippen LogP contribution in [0.5, 0.6) is 0 Å². The summed E-state index contributed by atoms with van der Waals surface area (Å²) in [5, 5.41) is 0. The molecule has 0 fully saturated rings. The van der Waals surface area contributed by atoms with E-state index in [-0.39, 0.29) is 5.97 Å². The van der Waals surface area contributed by atoms with Crippen molar-refractivity contribution in [3.63, 3.8) is 0 Å². The third-order valence-electron chi connectivity index (χ3n) is 3.62. The van der Waals surface area contributed by atoms with Crippen molar-refractivity contribution in [3.8, 4) is 0 Å². The molecule has 0 N–H and O–H groups in total. The number of benzene rings is 1. The van der Waals surface area contributed by atoms with Crippen LogP contribution in [0.3, 0.4) is 0 Å². The molecule has 2 unspecified atom stereocenters. The minimum atomic E-state index is -0.184. The normalized spacial score (nSPS) is 14.2. The highest BCUT2D eigenvalue weighted by molar-refractivity contribution is 5.65. The van der Waals surface area contributed by atoms with Gasteiger partial charge in [-0.1, -0.05) is 51.1 Å². The Morgan fingerprint density at radius 3 is 2.32 bits per heavy atom. The van der Waals surface area contributed by atoms with Crippen molar-refractivity contribution >= 4 is 5.97 Å². The van der Waals surface area contributed by atoms with Crippen molar-refractivity contribution in [1.29, 1.82) is 0 Å². The van der Waals surface area contributed by atoms with Gasteiger partial charge in [0.2, 0.25) is 0 Å². The molecule has 0 amide bonds. The highest BCUT2D eigenvalue weighted by Gasteiger charge is 2.22. The summed E-state index contributed by atoms with van der Waals surface area (Å²) in [5.41, 5.74) is 1.41. The van der Waals surface area contributed by atoms with Gasteiger partial charge in [-0.15, -0.1) is 0 Å². The largest absolute Gasteiger partial charge is 0.466 e. The van der Waals surface area contributed by atoms with E-state index in [9.17, 15) is 4.79 Å². The van der Waals surface area contributed by atoms with Crippen LogP contribution in [-0.2, 0) is 9.53 Å². The maximum atomic E-state index is 10.7. The Kier molecular flexibility index (Phi) is 6.61. The Balaban J connectivity index is 2.55. The van der Waals surface area contributed by atoms with Gasteiger partial charge in [-0.05, 0) is 36.2 Å². The van der Waals surface area contributed by atoms with Gasteiger partial charge in [-0.2, -0.15) is 0 Å². The van der Waals surface area contributed by atoms with Crippen molar-refractivity contribution < 1.29 is 9.53 Å². The second kappa shape index (κ2) is 7.98. The third kappa shape index (κ3) is 5.46. The summed E-state index contributed by atoms with van der Waals surface area (Å²) in [4.78, 5) is 10.7. The van der Waals surface area contributed by atoms with E-state index in [1.54, 1.807) is 0 Å². The standard InChI is InChI=1S/C17H26O2/c1-13(2)17(16-10-6-5-7-11-16)14(3)9-8-12-19-15(4)18/h5-7,10-11,13-14,17H,8-9,12H2,1-4H3. The minimum absolute atomic E-state index is 0.184. The van der Waals surface area contributed by atoms with E-state index >= 15 is 0 Å². The first-order valence-electron chi connectivity index (χ1n) is 7.20. The van der Waals surface area contributed by atoms with Crippen LogP contribution in [0.1, 0.15) is 52.0 Å². The predicted octanol–water partition coefficient (Wildman–Crippen LogP) is 4.41. The smallest absolute Gasteiger partial charge is 0.302 e. The molecule has 19 heavy (non-hydrogen) atoms. The maximum absolute atomic E-state index is 10.7. The van der Waals surface area contributed by atoms with Crippen LogP contribution in [0.4, 0.5) is 0 Å². The summed E-state index contributed by atoms with van der Waals surface area (Å²) >= 11 is 0. The molecule has 2 nitrogen and oxygen atoms in total.